The number of para-hydroxylation sites is 2. The molecule has 28 heavy (non-hydrogen) atoms. The van der Waals surface area contributed by atoms with Crippen LogP contribution >= 0.6 is 0 Å². The number of amides is 1. The topological polar surface area (TPSA) is 84.9 Å². The third kappa shape index (κ3) is 6.82. The smallest absolute Gasteiger partial charge is 0.422 e. The number of benzene rings is 2. The van der Waals surface area contributed by atoms with Crippen LogP contribution in [0.15, 0.2) is 54.6 Å². The molecule has 2 aromatic rings. The van der Waals surface area contributed by atoms with Crippen LogP contribution in [0.3, 0.4) is 0 Å². The van der Waals surface area contributed by atoms with Crippen LogP contribution in [0.5, 0.6) is 11.5 Å². The predicted octanol–water partition coefficient (Wildman–Crippen LogP) is 2.99. The number of carboxylic acids is 1. The maximum absolute atomic E-state index is 12.3. The van der Waals surface area contributed by atoms with Gasteiger partial charge in [0.1, 0.15) is 0 Å². The fraction of sp³-hybridized carbons (Fsp3) is 0.263. The number of carbonyl (C=O) groups excluding carboxylic acids is 1. The second-order valence-corrected chi connectivity index (χ2v) is 5.74. The van der Waals surface area contributed by atoms with E-state index in [2.05, 4.69) is 10.1 Å². The van der Waals surface area contributed by atoms with Crippen LogP contribution in [0, 0.1) is 0 Å². The summed E-state index contributed by atoms with van der Waals surface area (Å²) in [7, 11) is 0. The van der Waals surface area contributed by atoms with E-state index < -0.39 is 37.2 Å². The molecule has 0 saturated carbocycles. The van der Waals surface area contributed by atoms with E-state index in [4.69, 9.17) is 4.74 Å². The molecule has 2 aromatic carbocycles. The van der Waals surface area contributed by atoms with Crippen molar-refractivity contribution in [2.24, 2.45) is 0 Å². The molecular weight excluding hydrogens is 379 g/mol. The van der Waals surface area contributed by atoms with E-state index in [9.17, 15) is 27.9 Å². The Labute approximate surface area is 158 Å². The Kier molecular flexibility index (Phi) is 7.25. The normalized spacial score (nSPS) is 12.1. The minimum absolute atomic E-state index is 0.0280. The zero-order chi connectivity index (χ0) is 20.6. The first kappa shape index (κ1) is 21.1. The SMILES string of the molecule is O=C(COc1ccccc1OCC(F)(F)F)NCC(C(=O)O)c1ccccc1. The minimum atomic E-state index is -4.51. The van der Waals surface area contributed by atoms with Gasteiger partial charge in [0.25, 0.3) is 5.91 Å². The standard InChI is InChI=1S/C19H18F3NO5/c20-19(21,22)12-28-16-9-5-4-8-15(16)27-11-17(24)23-10-14(18(25)26)13-6-2-1-3-7-13/h1-9,14H,10-12H2,(H,23,24)(H,25,26). The average Bonchev–Trinajstić information content (AvgIpc) is 2.65. The fourth-order valence-electron chi connectivity index (χ4n) is 2.29. The first-order valence-electron chi connectivity index (χ1n) is 8.22. The first-order valence-corrected chi connectivity index (χ1v) is 8.22. The molecular formula is C19H18F3NO5. The van der Waals surface area contributed by atoms with E-state index in [-0.39, 0.29) is 18.0 Å². The lowest BCUT2D eigenvalue weighted by Crippen LogP contribution is -2.34. The van der Waals surface area contributed by atoms with Crippen molar-refractivity contribution >= 4 is 11.9 Å². The van der Waals surface area contributed by atoms with Crippen molar-refractivity contribution in [3.63, 3.8) is 0 Å². The summed E-state index contributed by atoms with van der Waals surface area (Å²) in [5.74, 6) is -2.83. The molecule has 6 nitrogen and oxygen atoms in total. The van der Waals surface area contributed by atoms with Gasteiger partial charge in [-0.05, 0) is 17.7 Å². The van der Waals surface area contributed by atoms with Crippen LogP contribution < -0.4 is 14.8 Å². The first-order chi connectivity index (χ1) is 13.3. The summed E-state index contributed by atoms with van der Waals surface area (Å²) in [5.41, 5.74) is 0.530. The van der Waals surface area contributed by atoms with Gasteiger partial charge in [0, 0.05) is 6.54 Å². The number of alkyl halides is 3. The molecule has 0 aliphatic heterocycles. The lowest BCUT2D eigenvalue weighted by atomic mass is 9.99. The van der Waals surface area contributed by atoms with E-state index >= 15 is 0 Å². The highest BCUT2D eigenvalue weighted by atomic mass is 19.4. The molecule has 0 fully saturated rings. The van der Waals surface area contributed by atoms with E-state index in [0.29, 0.717) is 5.56 Å². The highest BCUT2D eigenvalue weighted by Crippen LogP contribution is 2.28. The van der Waals surface area contributed by atoms with Crippen molar-refractivity contribution in [2.45, 2.75) is 12.1 Å². The van der Waals surface area contributed by atoms with Gasteiger partial charge >= 0.3 is 12.1 Å². The van der Waals surface area contributed by atoms with Crippen LogP contribution in [0.2, 0.25) is 0 Å². The van der Waals surface area contributed by atoms with Gasteiger partial charge in [-0.2, -0.15) is 13.2 Å². The lowest BCUT2D eigenvalue weighted by Gasteiger charge is -2.15. The van der Waals surface area contributed by atoms with E-state index in [1.165, 1.54) is 24.3 Å². The van der Waals surface area contributed by atoms with E-state index in [1.807, 2.05) is 0 Å². The Morgan fingerprint density at radius 1 is 0.964 bits per heavy atom. The number of hydrogen-bond donors (Lipinski definition) is 2. The molecule has 150 valence electrons. The van der Waals surface area contributed by atoms with Crippen LogP contribution in [0.1, 0.15) is 11.5 Å². The van der Waals surface area contributed by atoms with Crippen molar-refractivity contribution in [1.29, 1.82) is 0 Å². The Hall–Kier alpha value is -3.23. The number of carbonyl (C=O) groups is 2. The highest BCUT2D eigenvalue weighted by Gasteiger charge is 2.29. The molecule has 1 atom stereocenters. The molecule has 0 aromatic heterocycles. The number of ether oxygens (including phenoxy) is 2. The van der Waals surface area contributed by atoms with Crippen molar-refractivity contribution in [2.75, 3.05) is 19.8 Å². The molecule has 0 spiro atoms. The fourth-order valence-corrected chi connectivity index (χ4v) is 2.29. The quantitative estimate of drug-likeness (QED) is 0.680. The van der Waals surface area contributed by atoms with Gasteiger partial charge in [-0.3, -0.25) is 9.59 Å². The molecule has 9 heteroatoms. The number of halogens is 3. The van der Waals surface area contributed by atoms with E-state index in [1.54, 1.807) is 30.3 Å². The average molecular weight is 397 g/mol. The number of nitrogens with one attached hydrogen (secondary N) is 1. The minimum Gasteiger partial charge on any atom is -0.481 e. The predicted molar refractivity (Wildman–Crippen MR) is 93.3 cm³/mol. The molecule has 0 aliphatic carbocycles. The molecule has 2 N–H and O–H groups in total. The second kappa shape index (κ2) is 9.63. The van der Waals surface area contributed by atoms with Crippen molar-refractivity contribution in [3.8, 4) is 11.5 Å². The molecule has 2 rings (SSSR count). The van der Waals surface area contributed by atoms with E-state index in [0.717, 1.165) is 0 Å². The van der Waals surface area contributed by atoms with Crippen LogP contribution in [0.25, 0.3) is 0 Å². The van der Waals surface area contributed by atoms with Crippen LogP contribution in [-0.2, 0) is 9.59 Å². The van der Waals surface area contributed by atoms with Gasteiger partial charge in [0.05, 0.1) is 5.92 Å². The maximum atomic E-state index is 12.3. The van der Waals surface area contributed by atoms with Gasteiger partial charge in [0.15, 0.2) is 24.7 Å². The summed E-state index contributed by atoms with van der Waals surface area (Å²) < 4.78 is 46.7. The third-order valence-corrected chi connectivity index (χ3v) is 3.60. The summed E-state index contributed by atoms with van der Waals surface area (Å²) in [6.45, 7) is -2.15. The summed E-state index contributed by atoms with van der Waals surface area (Å²) >= 11 is 0. The zero-order valence-electron chi connectivity index (χ0n) is 14.6. The number of aliphatic carboxylic acids is 1. The van der Waals surface area contributed by atoms with Gasteiger partial charge < -0.3 is 19.9 Å². The summed E-state index contributed by atoms with van der Waals surface area (Å²) in [5, 5.41) is 11.8. The summed E-state index contributed by atoms with van der Waals surface area (Å²) in [6.07, 6.45) is -4.51. The lowest BCUT2D eigenvalue weighted by molar-refractivity contribution is -0.153. The largest absolute Gasteiger partial charge is 0.481 e. The third-order valence-electron chi connectivity index (χ3n) is 3.60. The molecule has 0 bridgehead atoms. The Bertz CT molecular complexity index is 796. The maximum Gasteiger partial charge on any atom is 0.422 e. The van der Waals surface area contributed by atoms with Crippen LogP contribution in [0.4, 0.5) is 13.2 Å². The Morgan fingerprint density at radius 3 is 2.11 bits per heavy atom. The van der Waals surface area contributed by atoms with Crippen LogP contribution in [-0.4, -0.2) is 42.9 Å². The molecule has 0 saturated heterocycles. The van der Waals surface area contributed by atoms with Crippen molar-refractivity contribution in [3.05, 3.63) is 60.2 Å². The molecule has 0 heterocycles. The number of carboxylic acid groups (broad SMARTS) is 1. The van der Waals surface area contributed by atoms with Gasteiger partial charge in [-0.1, -0.05) is 42.5 Å². The number of hydrogen-bond acceptors (Lipinski definition) is 4. The molecule has 0 aliphatic rings. The van der Waals surface area contributed by atoms with Crippen molar-refractivity contribution in [1.82, 2.24) is 5.32 Å². The van der Waals surface area contributed by atoms with Gasteiger partial charge in [0.2, 0.25) is 0 Å². The summed E-state index contributed by atoms with van der Waals surface area (Å²) in [6, 6.07) is 14.0. The molecule has 0 radical (unpaired) electrons. The second-order valence-electron chi connectivity index (χ2n) is 5.74. The zero-order valence-corrected chi connectivity index (χ0v) is 14.6. The van der Waals surface area contributed by atoms with Gasteiger partial charge in [-0.15, -0.1) is 0 Å². The van der Waals surface area contributed by atoms with Crippen molar-refractivity contribution < 1.29 is 37.3 Å². The monoisotopic (exact) mass is 397 g/mol. The number of rotatable bonds is 9. The Morgan fingerprint density at radius 2 is 1.54 bits per heavy atom. The van der Waals surface area contributed by atoms with Gasteiger partial charge in [-0.25, -0.2) is 0 Å². The molecule has 1 amide bonds. The Balaban J connectivity index is 1.89. The molecule has 1 unspecified atom stereocenters. The highest BCUT2D eigenvalue weighted by molar-refractivity contribution is 5.80. The summed E-state index contributed by atoms with van der Waals surface area (Å²) in [4.78, 5) is 23.4.